The van der Waals surface area contributed by atoms with Crippen LogP contribution in [0.2, 0.25) is 0 Å². The van der Waals surface area contributed by atoms with Crippen molar-refractivity contribution >= 4 is 11.9 Å². The number of carbonyl (C=O) groups is 2. The third kappa shape index (κ3) is 6.94. The fourth-order valence-corrected chi connectivity index (χ4v) is 1.17. The van der Waals surface area contributed by atoms with Gasteiger partial charge in [0.1, 0.15) is 12.1 Å². The predicted octanol–water partition coefficient (Wildman–Crippen LogP) is 0.818. The summed E-state index contributed by atoms with van der Waals surface area (Å²) in [6.07, 6.45) is 0.820. The molecule has 2 unspecified atom stereocenters. The third-order valence-corrected chi connectivity index (χ3v) is 2.39. The highest BCUT2D eigenvalue weighted by molar-refractivity contribution is 5.85. The van der Waals surface area contributed by atoms with Crippen LogP contribution in [0.5, 0.6) is 0 Å². The standard InChI is InChI=1S/C12H24N2O3/c1-6-8(2)10(13)11(16)14-7-9(15)17-12(3,4)5/h8,10H,6-7,13H2,1-5H3,(H,14,16). The third-order valence-electron chi connectivity index (χ3n) is 2.39. The molecule has 5 heteroatoms. The van der Waals surface area contributed by atoms with Gasteiger partial charge in [0, 0.05) is 0 Å². The van der Waals surface area contributed by atoms with Crippen molar-refractivity contribution in [2.75, 3.05) is 6.54 Å². The van der Waals surface area contributed by atoms with Gasteiger partial charge < -0.3 is 15.8 Å². The van der Waals surface area contributed by atoms with Crippen LogP contribution in [0, 0.1) is 5.92 Å². The second kappa shape index (κ2) is 6.59. The van der Waals surface area contributed by atoms with E-state index in [1.54, 1.807) is 20.8 Å². The minimum Gasteiger partial charge on any atom is -0.459 e. The molecule has 0 bridgehead atoms. The Morgan fingerprint density at radius 2 is 1.88 bits per heavy atom. The molecule has 0 aromatic heterocycles. The summed E-state index contributed by atoms with van der Waals surface area (Å²) in [5.74, 6) is -0.680. The van der Waals surface area contributed by atoms with Gasteiger partial charge in [-0.25, -0.2) is 0 Å². The fourth-order valence-electron chi connectivity index (χ4n) is 1.17. The molecule has 100 valence electrons. The van der Waals surface area contributed by atoms with E-state index in [4.69, 9.17) is 10.5 Å². The average Bonchev–Trinajstić information content (AvgIpc) is 2.21. The Morgan fingerprint density at radius 3 is 2.29 bits per heavy atom. The van der Waals surface area contributed by atoms with Crippen LogP contribution < -0.4 is 11.1 Å². The summed E-state index contributed by atoms with van der Waals surface area (Å²) < 4.78 is 5.06. The predicted molar refractivity (Wildman–Crippen MR) is 66.3 cm³/mol. The Kier molecular flexibility index (Phi) is 6.16. The summed E-state index contributed by atoms with van der Waals surface area (Å²) in [4.78, 5) is 22.9. The molecule has 0 aliphatic heterocycles. The fraction of sp³-hybridized carbons (Fsp3) is 0.833. The zero-order valence-electron chi connectivity index (χ0n) is 11.4. The van der Waals surface area contributed by atoms with Gasteiger partial charge in [-0.3, -0.25) is 9.59 Å². The molecule has 1 amide bonds. The Bertz CT molecular complexity index is 271. The summed E-state index contributed by atoms with van der Waals surface area (Å²) in [6, 6.07) is -0.581. The van der Waals surface area contributed by atoms with Crippen molar-refractivity contribution in [3.8, 4) is 0 Å². The molecule has 2 atom stereocenters. The number of carbonyl (C=O) groups excluding carboxylic acids is 2. The molecular weight excluding hydrogens is 220 g/mol. The van der Waals surface area contributed by atoms with Crippen molar-refractivity contribution in [1.29, 1.82) is 0 Å². The first-order valence-corrected chi connectivity index (χ1v) is 5.92. The van der Waals surface area contributed by atoms with Crippen molar-refractivity contribution in [3.63, 3.8) is 0 Å². The van der Waals surface area contributed by atoms with Gasteiger partial charge >= 0.3 is 5.97 Å². The molecule has 0 aromatic rings. The first-order chi connectivity index (χ1) is 7.67. The van der Waals surface area contributed by atoms with Gasteiger partial charge in [0.25, 0.3) is 0 Å². The van der Waals surface area contributed by atoms with Gasteiger partial charge in [0.2, 0.25) is 5.91 Å². The number of hydrogen-bond acceptors (Lipinski definition) is 4. The highest BCUT2D eigenvalue weighted by Crippen LogP contribution is 2.07. The van der Waals surface area contributed by atoms with E-state index in [-0.39, 0.29) is 18.4 Å². The monoisotopic (exact) mass is 244 g/mol. The van der Waals surface area contributed by atoms with E-state index in [0.717, 1.165) is 6.42 Å². The molecule has 0 saturated heterocycles. The number of rotatable bonds is 5. The minimum atomic E-state index is -0.581. The number of nitrogens with one attached hydrogen (secondary N) is 1. The number of nitrogens with two attached hydrogens (primary N) is 1. The molecule has 5 nitrogen and oxygen atoms in total. The Balaban J connectivity index is 4.04. The van der Waals surface area contributed by atoms with E-state index >= 15 is 0 Å². The largest absolute Gasteiger partial charge is 0.459 e. The van der Waals surface area contributed by atoms with Crippen LogP contribution >= 0.6 is 0 Å². The topological polar surface area (TPSA) is 81.4 Å². The second-order valence-corrected chi connectivity index (χ2v) is 5.22. The second-order valence-electron chi connectivity index (χ2n) is 5.22. The van der Waals surface area contributed by atoms with Crippen LogP contribution in [-0.4, -0.2) is 30.1 Å². The van der Waals surface area contributed by atoms with E-state index in [0.29, 0.717) is 0 Å². The van der Waals surface area contributed by atoms with Crippen molar-refractivity contribution in [3.05, 3.63) is 0 Å². The SMILES string of the molecule is CCC(C)C(N)C(=O)NCC(=O)OC(C)(C)C. The summed E-state index contributed by atoms with van der Waals surface area (Å²) in [5, 5.41) is 2.48. The van der Waals surface area contributed by atoms with Crippen molar-refractivity contribution in [2.24, 2.45) is 11.7 Å². The number of esters is 1. The molecular formula is C12H24N2O3. The first-order valence-electron chi connectivity index (χ1n) is 5.92. The summed E-state index contributed by atoms with van der Waals surface area (Å²) in [7, 11) is 0. The summed E-state index contributed by atoms with van der Waals surface area (Å²) in [6.45, 7) is 9.05. The van der Waals surface area contributed by atoms with E-state index < -0.39 is 17.6 Å². The maximum atomic E-state index is 11.6. The summed E-state index contributed by atoms with van der Waals surface area (Å²) >= 11 is 0. The zero-order chi connectivity index (χ0) is 13.6. The highest BCUT2D eigenvalue weighted by atomic mass is 16.6. The average molecular weight is 244 g/mol. The number of ether oxygens (including phenoxy) is 1. The van der Waals surface area contributed by atoms with E-state index in [1.807, 2.05) is 13.8 Å². The van der Waals surface area contributed by atoms with Gasteiger partial charge in [0.15, 0.2) is 0 Å². The number of amides is 1. The summed E-state index contributed by atoms with van der Waals surface area (Å²) in [5.41, 5.74) is 5.18. The lowest BCUT2D eigenvalue weighted by molar-refractivity contribution is -0.154. The normalized spacial score (nSPS) is 14.9. The molecule has 0 radical (unpaired) electrons. The molecule has 0 aliphatic rings. The maximum absolute atomic E-state index is 11.6. The smallest absolute Gasteiger partial charge is 0.325 e. The molecule has 3 N–H and O–H groups in total. The van der Waals surface area contributed by atoms with Gasteiger partial charge in [0.05, 0.1) is 6.04 Å². The molecule has 0 fully saturated rings. The van der Waals surface area contributed by atoms with Crippen molar-refractivity contribution in [1.82, 2.24) is 5.32 Å². The van der Waals surface area contributed by atoms with Crippen LogP contribution in [0.4, 0.5) is 0 Å². The molecule has 0 rings (SSSR count). The van der Waals surface area contributed by atoms with Crippen LogP contribution in [0.1, 0.15) is 41.0 Å². The van der Waals surface area contributed by atoms with E-state index in [9.17, 15) is 9.59 Å². The Labute approximate surface area is 103 Å². The Morgan fingerprint density at radius 1 is 1.35 bits per heavy atom. The van der Waals surface area contributed by atoms with Gasteiger partial charge in [-0.15, -0.1) is 0 Å². The van der Waals surface area contributed by atoms with Crippen LogP contribution in [-0.2, 0) is 14.3 Å². The number of hydrogen-bond donors (Lipinski definition) is 2. The molecule has 0 heterocycles. The molecule has 0 spiro atoms. The van der Waals surface area contributed by atoms with E-state index in [2.05, 4.69) is 5.32 Å². The van der Waals surface area contributed by atoms with Crippen molar-refractivity contribution in [2.45, 2.75) is 52.7 Å². The molecule has 0 aromatic carbocycles. The molecule has 0 saturated carbocycles. The molecule has 0 aliphatic carbocycles. The van der Waals surface area contributed by atoms with Gasteiger partial charge in [-0.1, -0.05) is 20.3 Å². The lowest BCUT2D eigenvalue weighted by Crippen LogP contribution is -2.46. The maximum Gasteiger partial charge on any atom is 0.325 e. The van der Waals surface area contributed by atoms with Gasteiger partial charge in [-0.2, -0.15) is 0 Å². The van der Waals surface area contributed by atoms with Crippen molar-refractivity contribution < 1.29 is 14.3 Å². The highest BCUT2D eigenvalue weighted by Gasteiger charge is 2.21. The minimum absolute atomic E-state index is 0.0913. The van der Waals surface area contributed by atoms with Gasteiger partial charge in [-0.05, 0) is 26.7 Å². The van der Waals surface area contributed by atoms with E-state index in [1.165, 1.54) is 0 Å². The Hall–Kier alpha value is -1.10. The van der Waals surface area contributed by atoms with Crippen LogP contribution in [0.3, 0.4) is 0 Å². The zero-order valence-corrected chi connectivity index (χ0v) is 11.4. The first kappa shape index (κ1) is 15.9. The lowest BCUT2D eigenvalue weighted by atomic mass is 9.99. The lowest BCUT2D eigenvalue weighted by Gasteiger charge is -2.21. The molecule has 17 heavy (non-hydrogen) atoms. The quantitative estimate of drug-likeness (QED) is 0.701. The van der Waals surface area contributed by atoms with Crippen LogP contribution in [0.15, 0.2) is 0 Å². The van der Waals surface area contributed by atoms with Crippen LogP contribution in [0.25, 0.3) is 0 Å².